The number of ether oxygens (including phenoxy) is 1. The number of nitro benzene ring substituents is 1. The van der Waals surface area contributed by atoms with E-state index >= 15 is 0 Å². The van der Waals surface area contributed by atoms with E-state index in [2.05, 4.69) is 0 Å². The second kappa shape index (κ2) is 7.06. The van der Waals surface area contributed by atoms with Crippen LogP contribution in [0.25, 0.3) is 16.8 Å². The van der Waals surface area contributed by atoms with Gasteiger partial charge in [-0.3, -0.25) is 14.9 Å². The van der Waals surface area contributed by atoms with Crippen LogP contribution >= 0.6 is 0 Å². The van der Waals surface area contributed by atoms with Crippen LogP contribution in [0.4, 0.5) is 5.69 Å². The van der Waals surface area contributed by atoms with Gasteiger partial charge in [0.1, 0.15) is 5.75 Å². The van der Waals surface area contributed by atoms with Crippen LogP contribution in [0.2, 0.25) is 0 Å². The monoisotopic (exact) mass is 348 g/mol. The Morgan fingerprint density at radius 1 is 1.04 bits per heavy atom. The molecule has 0 N–H and O–H groups in total. The highest BCUT2D eigenvalue weighted by atomic mass is 16.6. The first-order valence-corrected chi connectivity index (χ1v) is 7.73. The van der Waals surface area contributed by atoms with Gasteiger partial charge in [-0.25, -0.2) is 0 Å². The average molecular weight is 348 g/mol. The van der Waals surface area contributed by atoms with Crippen molar-refractivity contribution in [2.24, 2.45) is 0 Å². The van der Waals surface area contributed by atoms with Gasteiger partial charge in [0.15, 0.2) is 5.78 Å². The third-order valence-electron chi connectivity index (χ3n) is 3.94. The molecule has 0 bridgehead atoms. The van der Waals surface area contributed by atoms with Crippen molar-refractivity contribution >= 4 is 28.3 Å². The van der Waals surface area contributed by atoms with Gasteiger partial charge in [0.2, 0.25) is 0 Å². The summed E-state index contributed by atoms with van der Waals surface area (Å²) in [4.78, 5) is 22.4. The number of ketones is 1. The Hall–Kier alpha value is -3.67. The second-order valence-electron chi connectivity index (χ2n) is 5.61. The van der Waals surface area contributed by atoms with Crippen LogP contribution in [0, 0.1) is 10.1 Å². The fourth-order valence-electron chi connectivity index (χ4n) is 2.55. The summed E-state index contributed by atoms with van der Waals surface area (Å²) >= 11 is 0. The first kappa shape index (κ1) is 17.2. The lowest BCUT2D eigenvalue weighted by atomic mass is 10.0. The maximum absolute atomic E-state index is 12.4. The maximum atomic E-state index is 12.4. The number of carbonyl (C=O) groups excluding carboxylic acids is 1. The molecule has 0 aliphatic rings. The summed E-state index contributed by atoms with van der Waals surface area (Å²) in [5, 5.41) is 24.1. The molecule has 3 rings (SSSR count). The summed E-state index contributed by atoms with van der Waals surface area (Å²) in [6, 6.07) is 14.6. The quantitative estimate of drug-likeness (QED) is 0.303. The largest absolute Gasteiger partial charge is 0.868 e. The van der Waals surface area contributed by atoms with Crippen LogP contribution in [0.1, 0.15) is 15.9 Å². The van der Waals surface area contributed by atoms with Crippen molar-refractivity contribution < 1.29 is 19.6 Å². The highest BCUT2D eigenvalue weighted by molar-refractivity contribution is 6.08. The molecule has 0 aromatic heterocycles. The Bertz CT molecular complexity index is 1040. The van der Waals surface area contributed by atoms with Gasteiger partial charge in [-0.05, 0) is 46.4 Å². The number of benzene rings is 3. The second-order valence-corrected chi connectivity index (χ2v) is 5.61. The fourth-order valence-corrected chi connectivity index (χ4v) is 2.55. The van der Waals surface area contributed by atoms with E-state index in [1.54, 1.807) is 19.2 Å². The predicted octanol–water partition coefficient (Wildman–Crippen LogP) is 3.73. The van der Waals surface area contributed by atoms with Crippen LogP contribution in [0.5, 0.6) is 11.5 Å². The third kappa shape index (κ3) is 3.54. The number of carbonyl (C=O) groups is 1. The standard InChI is InChI=1S/C20H15NO5/c1-26-17-7-6-14-11-16(5-4-15(14)12-17)19(22)8-2-13-3-9-20(23)18(10-13)21(24)25/h2-12,23H,1H3/p-1/b8-2+. The number of nitrogens with zero attached hydrogens (tertiary/aromatic N) is 1. The van der Waals surface area contributed by atoms with Crippen molar-refractivity contribution in [3.63, 3.8) is 0 Å². The molecule has 0 amide bonds. The van der Waals surface area contributed by atoms with Crippen LogP contribution in [-0.2, 0) is 0 Å². The molecule has 0 spiro atoms. The molecular weight excluding hydrogens is 334 g/mol. The Kier molecular flexibility index (Phi) is 4.66. The van der Waals surface area contributed by atoms with Crippen molar-refractivity contribution in [1.82, 2.24) is 0 Å². The van der Waals surface area contributed by atoms with E-state index in [0.29, 0.717) is 11.1 Å². The van der Waals surface area contributed by atoms with Gasteiger partial charge in [-0.15, -0.1) is 0 Å². The Balaban J connectivity index is 1.85. The number of methoxy groups -OCH3 is 1. The number of hydrogen-bond donors (Lipinski definition) is 0. The van der Waals surface area contributed by atoms with Gasteiger partial charge in [-0.2, -0.15) is 0 Å². The smallest absolute Gasteiger partial charge is 0.262 e. The predicted molar refractivity (Wildman–Crippen MR) is 96.4 cm³/mol. The maximum Gasteiger partial charge on any atom is 0.262 e. The molecule has 26 heavy (non-hydrogen) atoms. The first-order valence-electron chi connectivity index (χ1n) is 7.73. The van der Waals surface area contributed by atoms with Crippen molar-refractivity contribution in [3.8, 4) is 11.5 Å². The number of nitro groups is 1. The van der Waals surface area contributed by atoms with Crippen LogP contribution in [-0.4, -0.2) is 17.8 Å². The lowest BCUT2D eigenvalue weighted by molar-refractivity contribution is -0.398. The van der Waals surface area contributed by atoms with Gasteiger partial charge in [0.25, 0.3) is 5.69 Å². The summed E-state index contributed by atoms with van der Waals surface area (Å²) < 4.78 is 5.17. The highest BCUT2D eigenvalue weighted by Gasteiger charge is 2.08. The van der Waals surface area contributed by atoms with Crippen LogP contribution < -0.4 is 9.84 Å². The van der Waals surface area contributed by atoms with E-state index in [1.807, 2.05) is 24.3 Å². The van der Waals surface area contributed by atoms with Gasteiger partial charge < -0.3 is 9.84 Å². The number of allylic oxidation sites excluding steroid dienone is 1. The minimum Gasteiger partial charge on any atom is -0.868 e. The molecule has 0 unspecified atom stereocenters. The van der Waals surface area contributed by atoms with E-state index < -0.39 is 16.4 Å². The molecule has 130 valence electrons. The summed E-state index contributed by atoms with van der Waals surface area (Å²) in [6.45, 7) is 0. The van der Waals surface area contributed by atoms with Crippen molar-refractivity contribution in [2.75, 3.05) is 7.11 Å². The van der Waals surface area contributed by atoms with Crippen molar-refractivity contribution in [1.29, 1.82) is 0 Å². The molecule has 0 radical (unpaired) electrons. The van der Waals surface area contributed by atoms with Gasteiger partial charge in [0, 0.05) is 11.6 Å². The first-order chi connectivity index (χ1) is 12.5. The van der Waals surface area contributed by atoms with Gasteiger partial charge in [-0.1, -0.05) is 36.4 Å². The zero-order valence-electron chi connectivity index (χ0n) is 13.8. The SMILES string of the molecule is COc1ccc2cc(C(=O)/C=C/c3ccc([O-])c([N+](=O)[O-])c3)ccc2c1. The third-order valence-corrected chi connectivity index (χ3v) is 3.94. The average Bonchev–Trinajstić information content (AvgIpc) is 2.65. The van der Waals surface area contributed by atoms with E-state index in [-0.39, 0.29) is 5.78 Å². The minimum atomic E-state index is -0.737. The summed E-state index contributed by atoms with van der Waals surface area (Å²) in [6.07, 6.45) is 2.78. The lowest BCUT2D eigenvalue weighted by Crippen LogP contribution is -1.98. The topological polar surface area (TPSA) is 92.5 Å². The summed E-state index contributed by atoms with van der Waals surface area (Å²) in [5.41, 5.74) is 0.392. The molecule has 0 aliphatic heterocycles. The number of fused-ring (bicyclic) bond motifs is 1. The van der Waals surface area contributed by atoms with Crippen molar-refractivity contribution in [3.05, 3.63) is 81.9 Å². The number of hydrogen-bond acceptors (Lipinski definition) is 5. The molecule has 0 aliphatic carbocycles. The summed E-state index contributed by atoms with van der Waals surface area (Å²) in [7, 11) is 1.59. The molecular formula is C20H14NO5-. The van der Waals surface area contributed by atoms with E-state index in [1.165, 1.54) is 18.2 Å². The molecule has 3 aromatic rings. The van der Waals surface area contributed by atoms with E-state index in [9.17, 15) is 20.0 Å². The molecule has 0 heterocycles. The zero-order valence-corrected chi connectivity index (χ0v) is 13.8. The fraction of sp³-hybridized carbons (Fsp3) is 0.0500. The van der Waals surface area contributed by atoms with Crippen LogP contribution in [0.15, 0.2) is 60.7 Å². The molecule has 6 nitrogen and oxygen atoms in total. The zero-order chi connectivity index (χ0) is 18.7. The molecule has 0 saturated heterocycles. The molecule has 0 saturated carbocycles. The van der Waals surface area contributed by atoms with E-state index in [4.69, 9.17) is 4.74 Å². The lowest BCUT2D eigenvalue weighted by Gasteiger charge is -2.06. The van der Waals surface area contributed by atoms with Gasteiger partial charge in [0.05, 0.1) is 12.0 Å². The highest BCUT2D eigenvalue weighted by Crippen LogP contribution is 2.25. The molecule has 3 aromatic carbocycles. The number of rotatable bonds is 5. The van der Waals surface area contributed by atoms with Crippen LogP contribution in [0.3, 0.4) is 0 Å². The van der Waals surface area contributed by atoms with Gasteiger partial charge >= 0.3 is 0 Å². The molecule has 0 atom stereocenters. The van der Waals surface area contributed by atoms with E-state index in [0.717, 1.165) is 28.7 Å². The Morgan fingerprint density at radius 3 is 2.50 bits per heavy atom. The Morgan fingerprint density at radius 2 is 1.77 bits per heavy atom. The molecule has 6 heteroatoms. The molecule has 0 fully saturated rings. The minimum absolute atomic E-state index is 0.239. The normalized spacial score (nSPS) is 11.0. The Labute approximate surface area is 149 Å². The summed E-state index contributed by atoms with van der Waals surface area (Å²) in [5.74, 6) is -0.167. The van der Waals surface area contributed by atoms with Crippen molar-refractivity contribution in [2.45, 2.75) is 0 Å².